The molecule has 0 spiro atoms. The Morgan fingerprint density at radius 3 is 2.63 bits per heavy atom. The molecular formula is C15H17ClN2O. The van der Waals surface area contributed by atoms with Crippen molar-refractivity contribution < 1.29 is 4.74 Å². The quantitative estimate of drug-likeness (QED) is 0.868. The van der Waals surface area contributed by atoms with E-state index in [1.807, 2.05) is 49.5 Å². The first-order valence-corrected chi connectivity index (χ1v) is 6.37. The molecule has 0 aliphatic rings. The molecule has 0 aliphatic heterocycles. The Kier molecular flexibility index (Phi) is 4.17. The van der Waals surface area contributed by atoms with Crippen molar-refractivity contribution in [3.63, 3.8) is 0 Å². The molecule has 0 aromatic heterocycles. The Morgan fingerprint density at radius 2 is 1.95 bits per heavy atom. The smallest absolute Gasteiger partial charge is 0.143 e. The molecule has 0 amide bonds. The van der Waals surface area contributed by atoms with Crippen molar-refractivity contribution in [2.24, 2.45) is 0 Å². The molecule has 0 fully saturated rings. The van der Waals surface area contributed by atoms with Gasteiger partial charge >= 0.3 is 0 Å². The van der Waals surface area contributed by atoms with E-state index >= 15 is 0 Å². The Labute approximate surface area is 118 Å². The maximum Gasteiger partial charge on any atom is 0.143 e. The molecule has 0 heterocycles. The van der Waals surface area contributed by atoms with E-state index in [-0.39, 0.29) is 0 Å². The van der Waals surface area contributed by atoms with Crippen LogP contribution >= 0.6 is 11.6 Å². The highest BCUT2D eigenvalue weighted by Gasteiger charge is 2.09. The predicted molar refractivity (Wildman–Crippen MR) is 81.0 cm³/mol. The lowest BCUT2D eigenvalue weighted by Crippen LogP contribution is -2.18. The molecule has 0 unspecified atom stereocenters. The van der Waals surface area contributed by atoms with Crippen LogP contribution in [0.25, 0.3) is 0 Å². The summed E-state index contributed by atoms with van der Waals surface area (Å²) in [4.78, 5) is 2.07. The Balaban J connectivity index is 2.23. The van der Waals surface area contributed by atoms with Gasteiger partial charge in [-0.05, 0) is 29.8 Å². The molecule has 2 aromatic carbocycles. The first-order valence-electron chi connectivity index (χ1n) is 6.00. The van der Waals surface area contributed by atoms with Gasteiger partial charge in [0.1, 0.15) is 5.75 Å². The summed E-state index contributed by atoms with van der Waals surface area (Å²) in [5.74, 6) is 0.690. The van der Waals surface area contributed by atoms with E-state index in [1.54, 1.807) is 7.11 Å². The number of anilines is 2. The second-order valence-electron chi connectivity index (χ2n) is 4.38. The Hall–Kier alpha value is -1.87. The fraction of sp³-hybridized carbons (Fsp3) is 0.200. The summed E-state index contributed by atoms with van der Waals surface area (Å²) in [6.45, 7) is 0.734. The molecule has 0 saturated heterocycles. The number of nitrogen functional groups attached to an aromatic ring is 1. The SMILES string of the molecule is COc1cccc(N(C)Cc2cccc(Cl)c2)c1N. The van der Waals surface area contributed by atoms with E-state index in [4.69, 9.17) is 22.1 Å². The molecule has 0 radical (unpaired) electrons. The third kappa shape index (κ3) is 3.12. The average molecular weight is 277 g/mol. The first-order chi connectivity index (χ1) is 9.11. The van der Waals surface area contributed by atoms with Gasteiger partial charge in [-0.2, -0.15) is 0 Å². The van der Waals surface area contributed by atoms with Gasteiger partial charge in [0.15, 0.2) is 0 Å². The number of hydrogen-bond acceptors (Lipinski definition) is 3. The third-order valence-electron chi connectivity index (χ3n) is 2.98. The lowest BCUT2D eigenvalue weighted by molar-refractivity contribution is 0.417. The van der Waals surface area contributed by atoms with Crippen LogP contribution in [0.3, 0.4) is 0 Å². The number of nitrogens with zero attached hydrogens (tertiary/aromatic N) is 1. The van der Waals surface area contributed by atoms with Crippen molar-refractivity contribution in [3.8, 4) is 5.75 Å². The second-order valence-corrected chi connectivity index (χ2v) is 4.82. The molecular weight excluding hydrogens is 260 g/mol. The molecule has 0 bridgehead atoms. The van der Waals surface area contributed by atoms with Crippen LogP contribution in [0.2, 0.25) is 5.02 Å². The zero-order chi connectivity index (χ0) is 13.8. The number of benzene rings is 2. The van der Waals surface area contributed by atoms with Crippen LogP contribution in [0.4, 0.5) is 11.4 Å². The van der Waals surface area contributed by atoms with Crippen LogP contribution in [0.1, 0.15) is 5.56 Å². The second kappa shape index (κ2) is 5.85. The lowest BCUT2D eigenvalue weighted by atomic mass is 10.2. The fourth-order valence-corrected chi connectivity index (χ4v) is 2.25. The van der Waals surface area contributed by atoms with Crippen LogP contribution in [0.5, 0.6) is 5.75 Å². The zero-order valence-corrected chi connectivity index (χ0v) is 11.8. The standard InChI is InChI=1S/C15H17ClN2O/c1-18(10-11-5-3-6-12(16)9-11)13-7-4-8-14(19-2)15(13)17/h3-9H,10,17H2,1-2H3. The highest BCUT2D eigenvalue weighted by Crippen LogP contribution is 2.32. The summed E-state index contributed by atoms with van der Waals surface area (Å²) in [6.07, 6.45) is 0. The molecule has 2 rings (SSSR count). The normalized spacial score (nSPS) is 10.3. The van der Waals surface area contributed by atoms with E-state index in [0.29, 0.717) is 11.4 Å². The molecule has 3 nitrogen and oxygen atoms in total. The van der Waals surface area contributed by atoms with Gasteiger partial charge in [-0.3, -0.25) is 0 Å². The maximum absolute atomic E-state index is 6.09. The number of rotatable bonds is 4. The molecule has 2 aromatic rings. The molecule has 2 N–H and O–H groups in total. The third-order valence-corrected chi connectivity index (χ3v) is 3.22. The first kappa shape index (κ1) is 13.6. The number of hydrogen-bond donors (Lipinski definition) is 1. The number of nitrogens with two attached hydrogens (primary N) is 1. The highest BCUT2D eigenvalue weighted by molar-refractivity contribution is 6.30. The van der Waals surface area contributed by atoms with E-state index in [0.717, 1.165) is 22.8 Å². The molecule has 0 aliphatic carbocycles. The molecule has 100 valence electrons. The summed E-state index contributed by atoms with van der Waals surface area (Å²) >= 11 is 5.99. The van der Waals surface area contributed by atoms with Gasteiger partial charge in [-0.15, -0.1) is 0 Å². The minimum atomic E-state index is 0.648. The van der Waals surface area contributed by atoms with Crippen LogP contribution < -0.4 is 15.4 Å². The summed E-state index contributed by atoms with van der Waals surface area (Å²) in [5.41, 5.74) is 8.81. The molecule has 19 heavy (non-hydrogen) atoms. The van der Waals surface area contributed by atoms with Crippen molar-refractivity contribution >= 4 is 23.0 Å². The number of halogens is 1. The zero-order valence-electron chi connectivity index (χ0n) is 11.1. The van der Waals surface area contributed by atoms with Crippen molar-refractivity contribution in [1.29, 1.82) is 0 Å². The minimum absolute atomic E-state index is 0.648. The maximum atomic E-state index is 6.09. The molecule has 0 saturated carbocycles. The molecule has 4 heteroatoms. The summed E-state index contributed by atoms with van der Waals surface area (Å²) in [6, 6.07) is 13.6. The van der Waals surface area contributed by atoms with Gasteiger partial charge < -0.3 is 15.4 Å². The van der Waals surface area contributed by atoms with E-state index < -0.39 is 0 Å². The summed E-state index contributed by atoms with van der Waals surface area (Å²) in [5, 5.41) is 0.740. The van der Waals surface area contributed by atoms with Gasteiger partial charge in [-0.25, -0.2) is 0 Å². The monoisotopic (exact) mass is 276 g/mol. The van der Waals surface area contributed by atoms with Crippen LogP contribution in [-0.2, 0) is 6.54 Å². The number of methoxy groups -OCH3 is 1. The van der Waals surface area contributed by atoms with E-state index in [2.05, 4.69) is 4.90 Å². The van der Waals surface area contributed by atoms with Crippen molar-refractivity contribution in [2.45, 2.75) is 6.54 Å². The van der Waals surface area contributed by atoms with Crippen molar-refractivity contribution in [3.05, 3.63) is 53.1 Å². The molecule has 0 atom stereocenters. The van der Waals surface area contributed by atoms with E-state index in [9.17, 15) is 0 Å². The van der Waals surface area contributed by atoms with Crippen LogP contribution in [0.15, 0.2) is 42.5 Å². The van der Waals surface area contributed by atoms with Gasteiger partial charge in [0, 0.05) is 18.6 Å². The largest absolute Gasteiger partial charge is 0.495 e. The number of para-hydroxylation sites is 1. The Morgan fingerprint density at radius 1 is 1.21 bits per heavy atom. The van der Waals surface area contributed by atoms with Gasteiger partial charge in [0.2, 0.25) is 0 Å². The lowest BCUT2D eigenvalue weighted by Gasteiger charge is -2.22. The van der Waals surface area contributed by atoms with Gasteiger partial charge in [0.05, 0.1) is 18.5 Å². The minimum Gasteiger partial charge on any atom is -0.495 e. The predicted octanol–water partition coefficient (Wildman–Crippen LogP) is 3.57. The van der Waals surface area contributed by atoms with Crippen molar-refractivity contribution in [2.75, 3.05) is 24.8 Å². The summed E-state index contributed by atoms with van der Waals surface area (Å²) in [7, 11) is 3.61. The highest BCUT2D eigenvalue weighted by atomic mass is 35.5. The topological polar surface area (TPSA) is 38.5 Å². The van der Waals surface area contributed by atoms with Gasteiger partial charge in [-0.1, -0.05) is 29.8 Å². The fourth-order valence-electron chi connectivity index (χ4n) is 2.04. The average Bonchev–Trinajstić information content (AvgIpc) is 2.39. The van der Waals surface area contributed by atoms with Gasteiger partial charge in [0.25, 0.3) is 0 Å². The van der Waals surface area contributed by atoms with Crippen LogP contribution in [-0.4, -0.2) is 14.2 Å². The van der Waals surface area contributed by atoms with Crippen LogP contribution in [0, 0.1) is 0 Å². The van der Waals surface area contributed by atoms with Crippen molar-refractivity contribution in [1.82, 2.24) is 0 Å². The Bertz CT molecular complexity index is 572. The van der Waals surface area contributed by atoms with E-state index in [1.165, 1.54) is 0 Å². The number of ether oxygens (including phenoxy) is 1. The summed E-state index contributed by atoms with van der Waals surface area (Å²) < 4.78 is 5.23.